The molecule has 19 heavy (non-hydrogen) atoms. The van der Waals surface area contributed by atoms with E-state index in [1.54, 1.807) is 11.4 Å². The fourth-order valence-electron chi connectivity index (χ4n) is 2.70. The maximum absolute atomic E-state index is 12.8. The number of aryl methyl sites for hydroxylation is 1. The highest BCUT2D eigenvalue weighted by molar-refractivity contribution is 9.10. The van der Waals surface area contributed by atoms with Crippen molar-refractivity contribution in [3.8, 4) is 0 Å². The summed E-state index contributed by atoms with van der Waals surface area (Å²) in [5.41, 5.74) is 0. The Morgan fingerprint density at radius 1 is 1.37 bits per heavy atom. The molecule has 8 heteroatoms. The molecule has 0 N–H and O–H groups in total. The standard InChI is InChI=1S/C11H19BrN4O2S/c1-3-16(9-7-5-4-6-8-9)19(17,18)11-10(12)13-14-15(11)2/h9H,3-8H2,1-2H3. The van der Waals surface area contributed by atoms with Crippen molar-refractivity contribution in [3.05, 3.63) is 4.60 Å². The SMILES string of the molecule is CCN(C1CCCCC1)S(=O)(=O)c1c(Br)nnn1C. The maximum Gasteiger partial charge on any atom is 0.263 e. The van der Waals surface area contributed by atoms with E-state index in [4.69, 9.17) is 0 Å². The number of hydrogen-bond donors (Lipinski definition) is 0. The van der Waals surface area contributed by atoms with Gasteiger partial charge < -0.3 is 0 Å². The number of hydrogen-bond acceptors (Lipinski definition) is 4. The Bertz CT molecular complexity index is 517. The van der Waals surface area contributed by atoms with E-state index in [1.807, 2.05) is 6.92 Å². The number of sulfonamides is 1. The van der Waals surface area contributed by atoms with Crippen LogP contribution in [0.15, 0.2) is 9.63 Å². The summed E-state index contributed by atoms with van der Waals surface area (Å²) >= 11 is 3.17. The van der Waals surface area contributed by atoms with Gasteiger partial charge in [0.05, 0.1) is 0 Å². The molecule has 0 unspecified atom stereocenters. The third-order valence-corrected chi connectivity index (χ3v) is 6.50. The lowest BCUT2D eigenvalue weighted by molar-refractivity contribution is 0.260. The minimum Gasteiger partial charge on any atom is -0.235 e. The third kappa shape index (κ3) is 2.85. The Labute approximate surface area is 122 Å². The summed E-state index contributed by atoms with van der Waals surface area (Å²) < 4.78 is 28.7. The largest absolute Gasteiger partial charge is 0.263 e. The van der Waals surface area contributed by atoms with E-state index in [1.165, 1.54) is 11.1 Å². The molecule has 1 aromatic heterocycles. The van der Waals surface area contributed by atoms with Crippen LogP contribution in [-0.2, 0) is 17.1 Å². The minimum atomic E-state index is -3.54. The first-order valence-corrected chi connectivity index (χ1v) is 8.78. The first kappa shape index (κ1) is 14.9. The van der Waals surface area contributed by atoms with Crippen molar-refractivity contribution >= 4 is 26.0 Å². The van der Waals surface area contributed by atoms with Crippen LogP contribution in [0.1, 0.15) is 39.0 Å². The summed E-state index contributed by atoms with van der Waals surface area (Å²) in [4.78, 5) is 0. The molecule has 0 aromatic carbocycles. The van der Waals surface area contributed by atoms with Crippen molar-refractivity contribution in [2.45, 2.75) is 50.1 Å². The van der Waals surface area contributed by atoms with Crippen molar-refractivity contribution in [2.75, 3.05) is 6.54 Å². The zero-order chi connectivity index (χ0) is 14.0. The van der Waals surface area contributed by atoms with E-state index in [-0.39, 0.29) is 15.7 Å². The molecule has 0 spiro atoms. The Hall–Kier alpha value is -0.470. The van der Waals surface area contributed by atoms with Gasteiger partial charge in [-0.2, -0.15) is 4.31 Å². The molecule has 1 heterocycles. The predicted octanol–water partition coefficient (Wildman–Crippen LogP) is 1.92. The lowest BCUT2D eigenvalue weighted by Crippen LogP contribution is -2.42. The second-order valence-electron chi connectivity index (χ2n) is 4.81. The molecular weight excluding hydrogens is 332 g/mol. The maximum atomic E-state index is 12.8. The van der Waals surface area contributed by atoms with Gasteiger partial charge in [-0.05, 0) is 28.8 Å². The van der Waals surface area contributed by atoms with E-state index < -0.39 is 10.0 Å². The first-order valence-electron chi connectivity index (χ1n) is 6.55. The average Bonchev–Trinajstić information content (AvgIpc) is 2.71. The highest BCUT2D eigenvalue weighted by Gasteiger charge is 2.35. The van der Waals surface area contributed by atoms with Gasteiger partial charge in [-0.15, -0.1) is 5.10 Å². The van der Waals surface area contributed by atoms with Gasteiger partial charge >= 0.3 is 0 Å². The molecule has 0 bridgehead atoms. The van der Waals surface area contributed by atoms with E-state index in [2.05, 4.69) is 26.2 Å². The lowest BCUT2D eigenvalue weighted by atomic mass is 9.95. The molecule has 0 atom stereocenters. The van der Waals surface area contributed by atoms with Crippen LogP contribution in [0.25, 0.3) is 0 Å². The van der Waals surface area contributed by atoms with Crippen molar-refractivity contribution in [3.63, 3.8) is 0 Å². The molecule has 108 valence electrons. The van der Waals surface area contributed by atoms with Gasteiger partial charge in [0, 0.05) is 19.6 Å². The summed E-state index contributed by atoms with van der Waals surface area (Å²) in [7, 11) is -1.95. The van der Waals surface area contributed by atoms with Crippen LogP contribution in [0.4, 0.5) is 0 Å². The van der Waals surface area contributed by atoms with Crippen LogP contribution in [0.3, 0.4) is 0 Å². The van der Waals surface area contributed by atoms with E-state index >= 15 is 0 Å². The fraction of sp³-hybridized carbons (Fsp3) is 0.818. The molecule has 0 radical (unpaired) electrons. The summed E-state index contributed by atoms with van der Waals surface area (Å²) in [5, 5.41) is 7.67. The van der Waals surface area contributed by atoms with Crippen LogP contribution in [0.5, 0.6) is 0 Å². The molecular formula is C11H19BrN4O2S. The molecule has 1 fully saturated rings. The first-order chi connectivity index (χ1) is 8.98. The predicted molar refractivity (Wildman–Crippen MR) is 75.1 cm³/mol. The van der Waals surface area contributed by atoms with Crippen LogP contribution in [0.2, 0.25) is 0 Å². The van der Waals surface area contributed by atoms with Crippen LogP contribution >= 0.6 is 15.9 Å². The fourth-order valence-corrected chi connectivity index (χ4v) is 5.43. The molecule has 1 aromatic rings. The highest BCUT2D eigenvalue weighted by Crippen LogP contribution is 2.29. The third-order valence-electron chi connectivity index (χ3n) is 3.58. The summed E-state index contributed by atoms with van der Waals surface area (Å²) in [5.74, 6) is 0. The van der Waals surface area contributed by atoms with Gasteiger partial charge in [0.1, 0.15) is 0 Å². The van der Waals surface area contributed by atoms with Gasteiger partial charge in [-0.25, -0.2) is 13.1 Å². The molecule has 0 aliphatic heterocycles. The smallest absolute Gasteiger partial charge is 0.235 e. The summed E-state index contributed by atoms with van der Waals surface area (Å²) in [6.07, 6.45) is 5.28. The van der Waals surface area contributed by atoms with Crippen molar-refractivity contribution < 1.29 is 8.42 Å². The minimum absolute atomic E-state index is 0.102. The van der Waals surface area contributed by atoms with Crippen LogP contribution in [-0.4, -0.2) is 40.3 Å². The lowest BCUT2D eigenvalue weighted by Gasteiger charge is -2.32. The zero-order valence-electron chi connectivity index (χ0n) is 11.2. The number of nitrogens with zero attached hydrogens (tertiary/aromatic N) is 4. The number of halogens is 1. The molecule has 2 rings (SSSR count). The number of rotatable bonds is 4. The monoisotopic (exact) mass is 350 g/mol. The van der Waals surface area contributed by atoms with Crippen molar-refractivity contribution in [2.24, 2.45) is 7.05 Å². The normalized spacial score (nSPS) is 18.1. The zero-order valence-corrected chi connectivity index (χ0v) is 13.6. The molecule has 1 aliphatic rings. The Kier molecular flexibility index (Phi) is 4.62. The van der Waals surface area contributed by atoms with E-state index in [0.717, 1.165) is 25.7 Å². The van der Waals surface area contributed by atoms with Gasteiger partial charge in [-0.3, -0.25) is 0 Å². The van der Waals surface area contributed by atoms with Gasteiger partial charge in [-0.1, -0.05) is 31.4 Å². The summed E-state index contributed by atoms with van der Waals surface area (Å²) in [6, 6.07) is 0.102. The van der Waals surface area contributed by atoms with E-state index in [0.29, 0.717) is 6.54 Å². The molecule has 1 aliphatic carbocycles. The van der Waals surface area contributed by atoms with Gasteiger partial charge in [0.25, 0.3) is 10.0 Å². The Morgan fingerprint density at radius 3 is 2.47 bits per heavy atom. The molecule has 0 amide bonds. The van der Waals surface area contributed by atoms with Gasteiger partial charge in [0.15, 0.2) is 4.60 Å². The van der Waals surface area contributed by atoms with Crippen LogP contribution < -0.4 is 0 Å². The topological polar surface area (TPSA) is 68.1 Å². The van der Waals surface area contributed by atoms with E-state index in [9.17, 15) is 8.42 Å². The molecule has 6 nitrogen and oxygen atoms in total. The molecule has 1 saturated carbocycles. The summed E-state index contributed by atoms with van der Waals surface area (Å²) in [6.45, 7) is 2.36. The second-order valence-corrected chi connectivity index (χ2v) is 7.37. The highest BCUT2D eigenvalue weighted by atomic mass is 79.9. The second kappa shape index (κ2) is 5.88. The van der Waals surface area contributed by atoms with Crippen LogP contribution in [0, 0.1) is 0 Å². The van der Waals surface area contributed by atoms with Crippen molar-refractivity contribution in [1.29, 1.82) is 0 Å². The van der Waals surface area contributed by atoms with Crippen molar-refractivity contribution in [1.82, 2.24) is 19.3 Å². The Morgan fingerprint density at radius 2 is 2.00 bits per heavy atom. The molecule has 0 saturated heterocycles. The Balaban J connectivity index is 2.36. The van der Waals surface area contributed by atoms with Gasteiger partial charge in [0.2, 0.25) is 5.03 Å². The quantitative estimate of drug-likeness (QED) is 0.831. The number of aromatic nitrogens is 3. The average molecular weight is 351 g/mol.